The Morgan fingerprint density at radius 2 is 1.88 bits per heavy atom. The Morgan fingerprint density at radius 3 is 2.60 bits per heavy atom. The smallest absolute Gasteiger partial charge is 0.224 e. The Hall–Kier alpha value is -2.30. The van der Waals surface area contributed by atoms with Crippen LogP contribution in [0.4, 0.5) is 5.69 Å². The molecule has 0 unspecified atom stereocenters. The zero-order chi connectivity index (χ0) is 17.8. The third kappa shape index (κ3) is 4.21. The summed E-state index contributed by atoms with van der Waals surface area (Å²) in [5, 5.41) is 4.44. The number of carbonyl (C=O) groups excluding carboxylic acids is 1. The molecule has 0 saturated carbocycles. The number of aryl methyl sites for hydroxylation is 4. The molecule has 0 radical (unpaired) electrons. The lowest BCUT2D eigenvalue weighted by atomic mass is 10.2. The highest BCUT2D eigenvalue weighted by atomic mass is 16.2. The Bertz CT molecular complexity index is 737. The van der Waals surface area contributed by atoms with Crippen LogP contribution in [-0.4, -0.2) is 46.8 Å². The van der Waals surface area contributed by atoms with Crippen molar-refractivity contribution in [1.82, 2.24) is 14.7 Å². The van der Waals surface area contributed by atoms with Crippen molar-refractivity contribution in [1.29, 1.82) is 0 Å². The molecular formula is C20H28N4O. The quantitative estimate of drug-likeness (QED) is 0.859. The van der Waals surface area contributed by atoms with Crippen molar-refractivity contribution in [2.75, 3.05) is 31.1 Å². The SMILES string of the molecule is Cc1cc(C)n(CCC(=O)N2CCCN(c3ccccc3C)CC2)n1. The van der Waals surface area contributed by atoms with Crippen molar-refractivity contribution < 1.29 is 4.79 Å². The third-order valence-electron chi connectivity index (χ3n) is 4.95. The molecule has 3 rings (SSSR count). The van der Waals surface area contributed by atoms with E-state index in [9.17, 15) is 4.79 Å². The monoisotopic (exact) mass is 340 g/mol. The molecule has 2 aromatic rings. The maximum Gasteiger partial charge on any atom is 0.224 e. The van der Waals surface area contributed by atoms with Gasteiger partial charge in [0.25, 0.3) is 0 Å². The van der Waals surface area contributed by atoms with Crippen LogP contribution in [0.1, 0.15) is 29.8 Å². The minimum atomic E-state index is 0.235. The Morgan fingerprint density at radius 1 is 1.08 bits per heavy atom. The zero-order valence-electron chi connectivity index (χ0n) is 15.5. The second kappa shape index (κ2) is 7.72. The molecule has 2 heterocycles. The summed E-state index contributed by atoms with van der Waals surface area (Å²) in [5.74, 6) is 0.235. The molecule has 5 heteroatoms. The molecular weight excluding hydrogens is 312 g/mol. The van der Waals surface area contributed by atoms with Crippen LogP contribution in [0.2, 0.25) is 0 Å². The van der Waals surface area contributed by atoms with E-state index < -0.39 is 0 Å². The van der Waals surface area contributed by atoms with Crippen LogP contribution in [0.15, 0.2) is 30.3 Å². The van der Waals surface area contributed by atoms with Gasteiger partial charge in [-0.15, -0.1) is 0 Å². The standard InChI is InChI=1S/C20H28N4O/c1-16-7-4-5-8-19(16)22-10-6-11-23(14-13-22)20(25)9-12-24-18(3)15-17(2)21-24/h4-5,7-8,15H,6,9-14H2,1-3H3. The van der Waals surface area contributed by atoms with Gasteiger partial charge in [0.15, 0.2) is 0 Å². The number of rotatable bonds is 4. The van der Waals surface area contributed by atoms with Crippen molar-refractivity contribution >= 4 is 11.6 Å². The average Bonchev–Trinajstić information content (AvgIpc) is 2.78. The lowest BCUT2D eigenvalue weighted by Crippen LogP contribution is -2.35. The molecule has 1 amide bonds. The molecule has 5 nitrogen and oxygen atoms in total. The van der Waals surface area contributed by atoms with Crippen molar-refractivity contribution in [3.05, 3.63) is 47.3 Å². The first-order chi connectivity index (χ1) is 12.0. The van der Waals surface area contributed by atoms with Crippen molar-refractivity contribution in [2.45, 2.75) is 40.2 Å². The largest absolute Gasteiger partial charge is 0.369 e. The predicted molar refractivity (Wildman–Crippen MR) is 101 cm³/mol. The second-order valence-corrected chi connectivity index (χ2v) is 6.91. The van der Waals surface area contributed by atoms with Crippen molar-refractivity contribution in [2.24, 2.45) is 0 Å². The molecule has 1 aliphatic heterocycles. The first kappa shape index (κ1) is 17.5. The maximum absolute atomic E-state index is 12.6. The lowest BCUT2D eigenvalue weighted by Gasteiger charge is -2.25. The van der Waals surface area contributed by atoms with E-state index in [2.05, 4.69) is 47.3 Å². The number of benzene rings is 1. The van der Waals surface area contributed by atoms with E-state index in [-0.39, 0.29) is 5.91 Å². The van der Waals surface area contributed by atoms with Gasteiger partial charge in [-0.05, 0) is 44.9 Å². The van der Waals surface area contributed by atoms with Crippen LogP contribution in [-0.2, 0) is 11.3 Å². The highest BCUT2D eigenvalue weighted by molar-refractivity contribution is 5.76. The van der Waals surface area contributed by atoms with Crippen LogP contribution in [0.25, 0.3) is 0 Å². The number of nitrogens with zero attached hydrogens (tertiary/aromatic N) is 4. The van der Waals surface area contributed by atoms with Gasteiger partial charge >= 0.3 is 0 Å². The number of carbonyl (C=O) groups is 1. The fourth-order valence-corrected chi connectivity index (χ4v) is 3.59. The maximum atomic E-state index is 12.6. The molecule has 0 aliphatic carbocycles. The number of aromatic nitrogens is 2. The van der Waals surface area contributed by atoms with Gasteiger partial charge in [-0.3, -0.25) is 9.48 Å². The van der Waals surface area contributed by atoms with Gasteiger partial charge in [0, 0.05) is 50.5 Å². The van der Waals surface area contributed by atoms with E-state index in [4.69, 9.17) is 0 Å². The molecule has 1 aromatic heterocycles. The number of hydrogen-bond acceptors (Lipinski definition) is 3. The van der Waals surface area contributed by atoms with E-state index in [1.807, 2.05) is 23.4 Å². The topological polar surface area (TPSA) is 41.4 Å². The van der Waals surface area contributed by atoms with Crippen LogP contribution in [0.3, 0.4) is 0 Å². The summed E-state index contributed by atoms with van der Waals surface area (Å²) in [6.07, 6.45) is 1.53. The summed E-state index contributed by atoms with van der Waals surface area (Å²) >= 11 is 0. The van der Waals surface area contributed by atoms with Crippen molar-refractivity contribution in [3.8, 4) is 0 Å². The Kier molecular flexibility index (Phi) is 5.41. The molecule has 1 aromatic carbocycles. The molecule has 1 saturated heterocycles. The van der Waals surface area contributed by atoms with Gasteiger partial charge in [0.05, 0.1) is 5.69 Å². The summed E-state index contributed by atoms with van der Waals surface area (Å²) < 4.78 is 1.94. The summed E-state index contributed by atoms with van der Waals surface area (Å²) in [6.45, 7) is 10.4. The predicted octanol–water partition coefficient (Wildman–Crippen LogP) is 2.94. The summed E-state index contributed by atoms with van der Waals surface area (Å²) in [7, 11) is 0. The molecule has 134 valence electrons. The van der Waals surface area contributed by atoms with Crippen LogP contribution in [0.5, 0.6) is 0 Å². The Balaban J connectivity index is 1.56. The van der Waals surface area contributed by atoms with Crippen LogP contribution < -0.4 is 4.90 Å². The molecule has 0 N–H and O–H groups in total. The van der Waals surface area contributed by atoms with Crippen LogP contribution in [0, 0.1) is 20.8 Å². The third-order valence-corrected chi connectivity index (χ3v) is 4.95. The van der Waals surface area contributed by atoms with E-state index >= 15 is 0 Å². The Labute approximate surface area is 150 Å². The van der Waals surface area contributed by atoms with E-state index in [1.165, 1.54) is 11.3 Å². The van der Waals surface area contributed by atoms with Gasteiger partial charge in [-0.25, -0.2) is 0 Å². The van der Waals surface area contributed by atoms with Gasteiger partial charge in [-0.1, -0.05) is 18.2 Å². The lowest BCUT2D eigenvalue weighted by molar-refractivity contribution is -0.131. The fourth-order valence-electron chi connectivity index (χ4n) is 3.59. The number of hydrogen-bond donors (Lipinski definition) is 0. The van der Waals surface area contributed by atoms with E-state index in [0.29, 0.717) is 13.0 Å². The zero-order valence-corrected chi connectivity index (χ0v) is 15.5. The number of amides is 1. The first-order valence-corrected chi connectivity index (χ1v) is 9.14. The van der Waals surface area contributed by atoms with Gasteiger partial charge in [0.1, 0.15) is 0 Å². The van der Waals surface area contributed by atoms with Crippen LogP contribution >= 0.6 is 0 Å². The molecule has 0 bridgehead atoms. The second-order valence-electron chi connectivity index (χ2n) is 6.91. The summed E-state index contributed by atoms with van der Waals surface area (Å²) in [5.41, 5.74) is 4.71. The first-order valence-electron chi connectivity index (χ1n) is 9.14. The van der Waals surface area contributed by atoms with Crippen molar-refractivity contribution in [3.63, 3.8) is 0 Å². The summed E-state index contributed by atoms with van der Waals surface area (Å²) in [4.78, 5) is 17.0. The highest BCUT2D eigenvalue weighted by Gasteiger charge is 2.20. The fraction of sp³-hybridized carbons (Fsp3) is 0.500. The molecule has 0 atom stereocenters. The number of para-hydroxylation sites is 1. The van der Waals surface area contributed by atoms with E-state index in [1.54, 1.807) is 0 Å². The van der Waals surface area contributed by atoms with Gasteiger partial charge in [-0.2, -0.15) is 5.10 Å². The molecule has 25 heavy (non-hydrogen) atoms. The normalized spacial score (nSPS) is 15.3. The average molecular weight is 340 g/mol. The minimum absolute atomic E-state index is 0.235. The van der Waals surface area contributed by atoms with Gasteiger partial charge < -0.3 is 9.80 Å². The molecule has 1 aliphatic rings. The van der Waals surface area contributed by atoms with E-state index in [0.717, 1.165) is 44.0 Å². The highest BCUT2D eigenvalue weighted by Crippen LogP contribution is 2.21. The summed E-state index contributed by atoms with van der Waals surface area (Å²) in [6, 6.07) is 10.5. The molecule has 1 fully saturated rings. The molecule has 0 spiro atoms. The number of anilines is 1. The minimum Gasteiger partial charge on any atom is -0.369 e. The van der Waals surface area contributed by atoms with Gasteiger partial charge in [0.2, 0.25) is 5.91 Å².